The molecule has 6 rings (SSSR count). The summed E-state index contributed by atoms with van der Waals surface area (Å²) in [6.07, 6.45) is 1.81. The average Bonchev–Trinajstić information content (AvgIpc) is 3.47. The van der Waals surface area contributed by atoms with Gasteiger partial charge in [-0.25, -0.2) is 0 Å². The van der Waals surface area contributed by atoms with E-state index in [1.807, 2.05) is 47.4 Å². The van der Waals surface area contributed by atoms with Crippen molar-refractivity contribution in [2.24, 2.45) is 0 Å². The highest BCUT2D eigenvalue weighted by Crippen LogP contribution is 2.47. The van der Waals surface area contributed by atoms with Crippen LogP contribution in [-0.4, -0.2) is 18.4 Å². The predicted molar refractivity (Wildman–Crippen MR) is 153 cm³/mol. The molecule has 4 nitrogen and oxygen atoms in total. The van der Waals surface area contributed by atoms with Crippen LogP contribution in [0.15, 0.2) is 91.0 Å². The van der Waals surface area contributed by atoms with Crippen LogP contribution < -0.4 is 10.2 Å². The molecule has 0 bridgehead atoms. The molecule has 0 spiro atoms. The second-order valence-electron chi connectivity index (χ2n) is 10.2. The van der Waals surface area contributed by atoms with Crippen LogP contribution in [0.4, 0.5) is 5.69 Å². The summed E-state index contributed by atoms with van der Waals surface area (Å²) in [6, 6.07) is 31.0. The van der Waals surface area contributed by atoms with Gasteiger partial charge in [-0.05, 0) is 63.9 Å². The molecule has 1 aliphatic carbocycles. The van der Waals surface area contributed by atoms with E-state index in [9.17, 15) is 9.59 Å². The molecule has 2 atom stereocenters. The molecule has 0 aromatic heterocycles. The molecule has 0 saturated heterocycles. The molecule has 2 amide bonds. The van der Waals surface area contributed by atoms with E-state index in [1.165, 1.54) is 5.56 Å². The van der Waals surface area contributed by atoms with Crippen molar-refractivity contribution in [3.63, 3.8) is 0 Å². The number of amides is 2. The zero-order valence-electron chi connectivity index (χ0n) is 21.9. The summed E-state index contributed by atoms with van der Waals surface area (Å²) in [5.74, 6) is -0.0370. The number of rotatable bonds is 7. The first kappa shape index (κ1) is 24.2. The van der Waals surface area contributed by atoms with Crippen molar-refractivity contribution < 1.29 is 9.59 Å². The van der Waals surface area contributed by atoms with Gasteiger partial charge in [-0.2, -0.15) is 0 Å². The van der Waals surface area contributed by atoms with Crippen LogP contribution in [0.25, 0.3) is 11.1 Å². The Morgan fingerprint density at radius 2 is 1.58 bits per heavy atom. The highest BCUT2D eigenvalue weighted by molar-refractivity contribution is 6.10. The van der Waals surface area contributed by atoms with Gasteiger partial charge in [0.15, 0.2) is 0 Å². The maximum Gasteiger partial charge on any atom is 0.258 e. The molecule has 1 N–H and O–H groups in total. The van der Waals surface area contributed by atoms with Gasteiger partial charge in [0.05, 0.1) is 12.5 Å². The fourth-order valence-electron chi connectivity index (χ4n) is 6.18. The molecular formula is C34H32N2O2. The molecule has 1 aliphatic heterocycles. The highest BCUT2D eigenvalue weighted by Gasteiger charge is 2.35. The minimum atomic E-state index is -0.283. The Kier molecular flexibility index (Phi) is 6.32. The Balaban J connectivity index is 1.40. The molecule has 2 unspecified atom stereocenters. The van der Waals surface area contributed by atoms with Crippen LogP contribution in [-0.2, 0) is 11.3 Å². The Morgan fingerprint density at radius 1 is 0.868 bits per heavy atom. The van der Waals surface area contributed by atoms with Gasteiger partial charge < -0.3 is 10.2 Å². The smallest absolute Gasteiger partial charge is 0.258 e. The summed E-state index contributed by atoms with van der Waals surface area (Å²) in [6.45, 7) is 5.54. The Bertz CT molecular complexity index is 1540. The maximum atomic E-state index is 13.4. The van der Waals surface area contributed by atoms with E-state index < -0.39 is 0 Å². The molecule has 38 heavy (non-hydrogen) atoms. The summed E-state index contributed by atoms with van der Waals surface area (Å²) in [5, 5.41) is 3.10. The van der Waals surface area contributed by atoms with Gasteiger partial charge in [0.2, 0.25) is 5.91 Å². The summed E-state index contributed by atoms with van der Waals surface area (Å²) in [4.78, 5) is 28.5. The first-order valence-electron chi connectivity index (χ1n) is 13.6. The van der Waals surface area contributed by atoms with Gasteiger partial charge in [-0.15, -0.1) is 0 Å². The van der Waals surface area contributed by atoms with Crippen molar-refractivity contribution in [2.75, 3.05) is 11.4 Å². The lowest BCUT2D eigenvalue weighted by Gasteiger charge is -2.25. The van der Waals surface area contributed by atoms with E-state index in [0.717, 1.165) is 57.5 Å². The number of nitrogens with one attached hydrogen (secondary N) is 1. The van der Waals surface area contributed by atoms with E-state index in [4.69, 9.17) is 0 Å². The Morgan fingerprint density at radius 3 is 2.37 bits per heavy atom. The van der Waals surface area contributed by atoms with Crippen LogP contribution in [0, 0.1) is 0 Å². The second-order valence-corrected chi connectivity index (χ2v) is 10.2. The van der Waals surface area contributed by atoms with E-state index >= 15 is 0 Å². The van der Waals surface area contributed by atoms with Crippen molar-refractivity contribution in [3.8, 4) is 11.1 Å². The zero-order chi connectivity index (χ0) is 26.2. The predicted octanol–water partition coefficient (Wildman–Crippen LogP) is 7.03. The van der Waals surface area contributed by atoms with Crippen molar-refractivity contribution in [1.82, 2.24) is 5.32 Å². The molecule has 0 radical (unpaired) electrons. The highest BCUT2D eigenvalue weighted by atomic mass is 16.2. The van der Waals surface area contributed by atoms with Crippen molar-refractivity contribution in [2.45, 2.75) is 45.1 Å². The van der Waals surface area contributed by atoms with Crippen LogP contribution in [0.2, 0.25) is 0 Å². The number of benzene rings is 4. The fraction of sp³-hybridized carbons (Fsp3) is 0.235. The topological polar surface area (TPSA) is 49.4 Å². The number of nitrogens with zero attached hydrogens (tertiary/aromatic N) is 1. The largest absolute Gasteiger partial charge is 0.355 e. The fourth-order valence-corrected chi connectivity index (χ4v) is 6.18. The van der Waals surface area contributed by atoms with Crippen molar-refractivity contribution >= 4 is 17.5 Å². The van der Waals surface area contributed by atoms with Crippen LogP contribution >= 0.6 is 0 Å². The Hall–Kier alpha value is -4.18. The van der Waals surface area contributed by atoms with Crippen molar-refractivity contribution in [3.05, 3.63) is 124 Å². The summed E-state index contributed by atoms with van der Waals surface area (Å²) >= 11 is 0. The first-order valence-corrected chi connectivity index (χ1v) is 13.6. The third-order valence-corrected chi connectivity index (χ3v) is 8.00. The van der Waals surface area contributed by atoms with Gasteiger partial charge in [-0.3, -0.25) is 9.59 Å². The lowest BCUT2D eigenvalue weighted by Crippen LogP contribution is -2.29. The van der Waals surface area contributed by atoms with Crippen LogP contribution in [0.5, 0.6) is 0 Å². The van der Waals surface area contributed by atoms with Gasteiger partial charge in [0.25, 0.3) is 5.91 Å². The van der Waals surface area contributed by atoms with Gasteiger partial charge in [0, 0.05) is 23.7 Å². The summed E-state index contributed by atoms with van der Waals surface area (Å²) in [5.41, 5.74) is 9.59. The lowest BCUT2D eigenvalue weighted by atomic mass is 9.85. The van der Waals surface area contributed by atoms with Crippen LogP contribution in [0.3, 0.4) is 0 Å². The van der Waals surface area contributed by atoms with Gasteiger partial charge in [0.1, 0.15) is 0 Å². The molecule has 1 heterocycles. The van der Waals surface area contributed by atoms with E-state index in [0.29, 0.717) is 13.1 Å². The summed E-state index contributed by atoms with van der Waals surface area (Å²) in [7, 11) is 0. The van der Waals surface area contributed by atoms with Gasteiger partial charge in [-0.1, -0.05) is 92.7 Å². The SMILES string of the molecule is CCCNC(=O)C1c2ccccc2-c2cc(C(CC)c3ccccc3N3Cc4ccccc4C3=O)ccc21. The molecule has 0 fully saturated rings. The number of anilines is 1. The number of para-hydroxylation sites is 1. The maximum absolute atomic E-state index is 13.4. The molecule has 4 aromatic rings. The molecule has 0 saturated carbocycles. The first-order chi connectivity index (χ1) is 18.6. The molecular weight excluding hydrogens is 468 g/mol. The third kappa shape index (κ3) is 3.92. The standard InChI is InChI=1S/C34H32N2O2/c1-3-19-35-33(37)32-28-15-8-7-13-26(28)30-20-22(17-18-29(30)32)24(4-2)27-14-9-10-16-31(27)36-21-23-11-5-6-12-25(23)34(36)38/h5-18,20,24,32H,3-4,19,21H2,1-2H3,(H,35,37). The lowest BCUT2D eigenvalue weighted by molar-refractivity contribution is -0.121. The number of carbonyl (C=O) groups is 2. The minimum Gasteiger partial charge on any atom is -0.355 e. The van der Waals surface area contributed by atoms with E-state index in [1.54, 1.807) is 0 Å². The molecule has 4 heteroatoms. The molecule has 190 valence electrons. The minimum absolute atomic E-state index is 0.0618. The van der Waals surface area contributed by atoms with Crippen LogP contribution in [0.1, 0.15) is 76.7 Å². The van der Waals surface area contributed by atoms with Crippen molar-refractivity contribution in [1.29, 1.82) is 0 Å². The third-order valence-electron chi connectivity index (χ3n) is 8.00. The number of fused-ring (bicyclic) bond motifs is 4. The zero-order valence-corrected chi connectivity index (χ0v) is 21.9. The number of hydrogen-bond acceptors (Lipinski definition) is 2. The number of carbonyl (C=O) groups excluding carboxylic acids is 2. The molecule has 2 aliphatic rings. The average molecular weight is 501 g/mol. The van der Waals surface area contributed by atoms with E-state index in [2.05, 4.69) is 67.7 Å². The normalized spacial score (nSPS) is 16.1. The number of hydrogen-bond donors (Lipinski definition) is 1. The second kappa shape index (κ2) is 9.94. The monoisotopic (exact) mass is 500 g/mol. The summed E-state index contributed by atoms with van der Waals surface area (Å²) < 4.78 is 0. The molecule has 4 aromatic carbocycles. The quantitative estimate of drug-likeness (QED) is 0.296. The Labute approximate surface area is 224 Å². The van der Waals surface area contributed by atoms with E-state index in [-0.39, 0.29) is 23.7 Å². The van der Waals surface area contributed by atoms with Gasteiger partial charge >= 0.3 is 0 Å².